The smallest absolute Gasteiger partial charge is 0.259 e. The van der Waals surface area contributed by atoms with E-state index >= 15 is 0 Å². The molecule has 0 spiro atoms. The summed E-state index contributed by atoms with van der Waals surface area (Å²) in [6.07, 6.45) is 2.42. The Labute approximate surface area is 144 Å². The minimum atomic E-state index is -0.156. The highest BCUT2D eigenvalue weighted by Gasteiger charge is 2.26. The van der Waals surface area contributed by atoms with Crippen molar-refractivity contribution in [1.82, 2.24) is 9.97 Å². The third-order valence-electron chi connectivity index (χ3n) is 4.14. The Morgan fingerprint density at radius 3 is 2.62 bits per heavy atom. The van der Waals surface area contributed by atoms with Gasteiger partial charge in [-0.15, -0.1) is 11.3 Å². The van der Waals surface area contributed by atoms with Gasteiger partial charge in [-0.3, -0.25) is 15.1 Å². The zero-order chi connectivity index (χ0) is 16.5. The maximum atomic E-state index is 12.5. The van der Waals surface area contributed by atoms with Crippen molar-refractivity contribution in [2.45, 2.75) is 25.7 Å². The van der Waals surface area contributed by atoms with E-state index < -0.39 is 0 Å². The summed E-state index contributed by atoms with van der Waals surface area (Å²) < 4.78 is 0. The summed E-state index contributed by atoms with van der Waals surface area (Å²) in [7, 11) is 0. The summed E-state index contributed by atoms with van der Waals surface area (Å²) in [4.78, 5) is 21.6. The number of thiazole rings is 1. The second kappa shape index (κ2) is 6.17. The van der Waals surface area contributed by atoms with E-state index in [0.717, 1.165) is 17.0 Å². The topological polar surface area (TPSA) is 54.9 Å². The number of aryl methyl sites for hydroxylation is 1. The van der Waals surface area contributed by atoms with Crippen LogP contribution in [-0.4, -0.2) is 15.9 Å². The van der Waals surface area contributed by atoms with E-state index in [1.165, 1.54) is 24.2 Å². The molecule has 2 aromatic heterocycles. The SMILES string of the molecule is Cc1nc(-c2ccccc2)ccc1C(=O)Nc1nc(C2CC2)cs1. The number of carbonyl (C=O) groups excluding carboxylic acids is 1. The summed E-state index contributed by atoms with van der Waals surface area (Å²) in [6.45, 7) is 1.86. The fourth-order valence-electron chi connectivity index (χ4n) is 2.65. The Morgan fingerprint density at radius 1 is 1.12 bits per heavy atom. The molecule has 3 aromatic rings. The number of anilines is 1. The minimum Gasteiger partial charge on any atom is -0.298 e. The molecule has 2 heterocycles. The number of nitrogens with zero attached hydrogens (tertiary/aromatic N) is 2. The number of hydrogen-bond acceptors (Lipinski definition) is 4. The highest BCUT2D eigenvalue weighted by atomic mass is 32.1. The van der Waals surface area contributed by atoms with Gasteiger partial charge in [0.05, 0.1) is 22.6 Å². The van der Waals surface area contributed by atoms with Crippen LogP contribution in [0, 0.1) is 6.92 Å². The van der Waals surface area contributed by atoms with Gasteiger partial charge in [0.15, 0.2) is 5.13 Å². The molecule has 1 N–H and O–H groups in total. The van der Waals surface area contributed by atoms with Crippen LogP contribution < -0.4 is 5.32 Å². The van der Waals surface area contributed by atoms with Gasteiger partial charge in [0, 0.05) is 16.9 Å². The van der Waals surface area contributed by atoms with Crippen molar-refractivity contribution in [3.63, 3.8) is 0 Å². The standard InChI is InChI=1S/C19H17N3OS/c1-12-15(9-10-16(20-12)13-5-3-2-4-6-13)18(23)22-19-21-17(11-24-19)14-7-8-14/h2-6,9-11,14H,7-8H2,1H3,(H,21,22,23). The maximum Gasteiger partial charge on any atom is 0.259 e. The molecule has 1 aliphatic rings. The van der Waals surface area contributed by atoms with Crippen LogP contribution in [0.3, 0.4) is 0 Å². The zero-order valence-electron chi connectivity index (χ0n) is 13.3. The number of carbonyl (C=O) groups is 1. The lowest BCUT2D eigenvalue weighted by Gasteiger charge is -2.07. The second-order valence-electron chi connectivity index (χ2n) is 6.00. The number of hydrogen-bond donors (Lipinski definition) is 1. The summed E-state index contributed by atoms with van der Waals surface area (Å²) in [5.74, 6) is 0.441. The van der Waals surface area contributed by atoms with Gasteiger partial charge in [-0.1, -0.05) is 30.3 Å². The van der Waals surface area contributed by atoms with Gasteiger partial charge in [-0.05, 0) is 31.9 Å². The van der Waals surface area contributed by atoms with Crippen LogP contribution in [0.25, 0.3) is 11.3 Å². The molecule has 0 radical (unpaired) electrons. The van der Waals surface area contributed by atoms with Crippen molar-refractivity contribution in [1.29, 1.82) is 0 Å². The van der Waals surface area contributed by atoms with E-state index in [1.807, 2.05) is 54.8 Å². The zero-order valence-corrected chi connectivity index (χ0v) is 14.1. The highest BCUT2D eigenvalue weighted by Crippen LogP contribution is 2.40. The van der Waals surface area contributed by atoms with Crippen LogP contribution in [0.15, 0.2) is 47.8 Å². The monoisotopic (exact) mass is 335 g/mol. The lowest BCUT2D eigenvalue weighted by Crippen LogP contribution is -2.14. The van der Waals surface area contributed by atoms with Gasteiger partial charge in [0.25, 0.3) is 5.91 Å². The molecule has 4 nitrogen and oxygen atoms in total. The van der Waals surface area contributed by atoms with Gasteiger partial charge < -0.3 is 0 Å². The first-order valence-electron chi connectivity index (χ1n) is 8.00. The summed E-state index contributed by atoms with van der Waals surface area (Å²) in [6, 6.07) is 13.7. The van der Waals surface area contributed by atoms with Gasteiger partial charge >= 0.3 is 0 Å². The molecular weight excluding hydrogens is 318 g/mol. The summed E-state index contributed by atoms with van der Waals surface area (Å²) in [5.41, 5.74) is 4.31. The molecule has 1 saturated carbocycles. The number of rotatable bonds is 4. The van der Waals surface area contributed by atoms with Gasteiger partial charge in [0.2, 0.25) is 0 Å². The Balaban J connectivity index is 1.53. The molecule has 0 aliphatic heterocycles. The van der Waals surface area contributed by atoms with E-state index in [9.17, 15) is 4.79 Å². The minimum absolute atomic E-state index is 0.156. The molecule has 0 atom stereocenters. The molecule has 1 aromatic carbocycles. The molecular formula is C19H17N3OS. The number of nitrogens with one attached hydrogen (secondary N) is 1. The second-order valence-corrected chi connectivity index (χ2v) is 6.86. The van der Waals surface area contributed by atoms with Crippen molar-refractivity contribution in [2.24, 2.45) is 0 Å². The molecule has 0 bridgehead atoms. The van der Waals surface area contributed by atoms with E-state index in [1.54, 1.807) is 0 Å². The average molecular weight is 335 g/mol. The Bertz CT molecular complexity index is 885. The van der Waals surface area contributed by atoms with Gasteiger partial charge in [0.1, 0.15) is 0 Å². The fourth-order valence-corrected chi connectivity index (χ4v) is 3.43. The molecule has 5 heteroatoms. The molecule has 4 rings (SSSR count). The first-order valence-corrected chi connectivity index (χ1v) is 8.88. The van der Waals surface area contributed by atoms with Crippen molar-refractivity contribution in [2.75, 3.05) is 5.32 Å². The first kappa shape index (κ1) is 15.0. The van der Waals surface area contributed by atoms with Crippen molar-refractivity contribution >= 4 is 22.4 Å². The van der Waals surface area contributed by atoms with Crippen LogP contribution in [0.2, 0.25) is 0 Å². The molecule has 1 aliphatic carbocycles. The Hall–Kier alpha value is -2.53. The third kappa shape index (κ3) is 3.08. The third-order valence-corrected chi connectivity index (χ3v) is 4.91. The first-order chi connectivity index (χ1) is 11.7. The summed E-state index contributed by atoms with van der Waals surface area (Å²) >= 11 is 1.48. The van der Waals surface area contributed by atoms with E-state index in [4.69, 9.17) is 0 Å². The van der Waals surface area contributed by atoms with Crippen LogP contribution in [0.1, 0.15) is 40.5 Å². The number of pyridine rings is 1. The number of amides is 1. The van der Waals surface area contributed by atoms with Crippen molar-refractivity contribution < 1.29 is 4.79 Å². The lowest BCUT2D eigenvalue weighted by molar-refractivity contribution is 0.102. The van der Waals surface area contributed by atoms with Crippen LogP contribution in [-0.2, 0) is 0 Å². The Morgan fingerprint density at radius 2 is 1.92 bits per heavy atom. The van der Waals surface area contributed by atoms with Crippen molar-refractivity contribution in [3.8, 4) is 11.3 Å². The molecule has 0 unspecified atom stereocenters. The lowest BCUT2D eigenvalue weighted by atomic mass is 10.1. The average Bonchev–Trinajstić information content (AvgIpc) is 3.35. The summed E-state index contributed by atoms with van der Waals surface area (Å²) in [5, 5.41) is 5.59. The quantitative estimate of drug-likeness (QED) is 0.755. The van der Waals surface area contributed by atoms with E-state index in [2.05, 4.69) is 15.3 Å². The predicted molar refractivity (Wildman–Crippen MR) is 96.5 cm³/mol. The molecule has 120 valence electrons. The van der Waals surface area contributed by atoms with Gasteiger partial charge in [-0.25, -0.2) is 4.98 Å². The molecule has 1 amide bonds. The van der Waals surface area contributed by atoms with E-state index in [0.29, 0.717) is 22.3 Å². The molecule has 24 heavy (non-hydrogen) atoms. The molecule has 1 fully saturated rings. The van der Waals surface area contributed by atoms with Crippen LogP contribution in [0.4, 0.5) is 5.13 Å². The van der Waals surface area contributed by atoms with Gasteiger partial charge in [-0.2, -0.15) is 0 Å². The highest BCUT2D eigenvalue weighted by molar-refractivity contribution is 7.14. The van der Waals surface area contributed by atoms with Crippen LogP contribution in [0.5, 0.6) is 0 Å². The largest absolute Gasteiger partial charge is 0.298 e. The normalized spacial score (nSPS) is 13.7. The van der Waals surface area contributed by atoms with Crippen molar-refractivity contribution in [3.05, 3.63) is 64.8 Å². The maximum absolute atomic E-state index is 12.5. The van der Waals surface area contributed by atoms with Crippen LogP contribution >= 0.6 is 11.3 Å². The Kier molecular flexibility index (Phi) is 3.86. The van der Waals surface area contributed by atoms with E-state index in [-0.39, 0.29) is 5.91 Å². The number of benzene rings is 1. The number of aromatic nitrogens is 2. The molecule has 0 saturated heterocycles. The predicted octanol–water partition coefficient (Wildman–Crippen LogP) is 4.64. The fraction of sp³-hybridized carbons (Fsp3) is 0.211.